The Morgan fingerprint density at radius 2 is 2.11 bits per heavy atom. The molecule has 1 aromatic heterocycles. The van der Waals surface area contributed by atoms with Crippen molar-refractivity contribution in [1.82, 2.24) is 4.90 Å². The molecule has 0 amide bonds. The monoisotopic (exact) mass is 330 g/mol. The molecule has 2 rings (SSSR count). The summed E-state index contributed by atoms with van der Waals surface area (Å²) in [5, 5.41) is 2.16. The maximum atomic E-state index is 6.05. The lowest BCUT2D eigenvalue weighted by Crippen LogP contribution is -2.42. The molecule has 102 valence electrons. The molecule has 1 aliphatic rings. The normalized spacial score (nSPS) is 19.3. The fourth-order valence-corrected chi connectivity index (χ4v) is 4.59. The van der Waals surface area contributed by atoms with E-state index in [0.29, 0.717) is 5.41 Å². The van der Waals surface area contributed by atoms with Gasteiger partial charge in [0.2, 0.25) is 0 Å². The Labute approximate surface area is 123 Å². The van der Waals surface area contributed by atoms with Gasteiger partial charge < -0.3 is 10.6 Å². The van der Waals surface area contributed by atoms with Gasteiger partial charge in [0.05, 0.1) is 0 Å². The van der Waals surface area contributed by atoms with Crippen molar-refractivity contribution in [3.8, 4) is 0 Å². The zero-order chi connectivity index (χ0) is 13.0. The number of halogens is 1. The van der Waals surface area contributed by atoms with Crippen LogP contribution in [0.15, 0.2) is 15.9 Å². The van der Waals surface area contributed by atoms with Gasteiger partial charge in [-0.25, -0.2) is 0 Å². The molecule has 4 heteroatoms. The number of nitrogens with two attached hydrogens (primary N) is 1. The molecule has 2 N–H and O–H groups in total. The summed E-state index contributed by atoms with van der Waals surface area (Å²) in [5.74, 6) is 0. The molecule has 1 aliphatic carbocycles. The van der Waals surface area contributed by atoms with Crippen molar-refractivity contribution in [1.29, 1.82) is 0 Å². The van der Waals surface area contributed by atoms with Crippen LogP contribution in [0.1, 0.15) is 37.0 Å². The summed E-state index contributed by atoms with van der Waals surface area (Å²) in [6, 6.07) is 2.22. The quantitative estimate of drug-likeness (QED) is 0.888. The Hall–Kier alpha value is 0.1000. The minimum absolute atomic E-state index is 0.376. The van der Waals surface area contributed by atoms with Gasteiger partial charge in [0.15, 0.2) is 0 Å². The van der Waals surface area contributed by atoms with Crippen LogP contribution >= 0.6 is 27.3 Å². The summed E-state index contributed by atoms with van der Waals surface area (Å²) in [5.41, 5.74) is 6.43. The van der Waals surface area contributed by atoms with Crippen LogP contribution in [0.2, 0.25) is 0 Å². The standard InChI is InChI=1S/C14H23BrN2S/c1-17(8-13-7-12(15)9-18-13)11-14(10-16)5-3-2-4-6-14/h7,9H,2-6,8,10-11,16H2,1H3. The first-order valence-corrected chi connectivity index (χ1v) is 8.42. The molecule has 0 unspecified atom stereocenters. The molecule has 0 spiro atoms. The van der Waals surface area contributed by atoms with Crippen LogP contribution in [0.25, 0.3) is 0 Å². The van der Waals surface area contributed by atoms with Crippen LogP contribution in [0, 0.1) is 5.41 Å². The summed E-state index contributed by atoms with van der Waals surface area (Å²) >= 11 is 5.34. The summed E-state index contributed by atoms with van der Waals surface area (Å²) < 4.78 is 1.20. The average Bonchev–Trinajstić information content (AvgIpc) is 2.75. The maximum absolute atomic E-state index is 6.05. The Morgan fingerprint density at radius 3 is 2.67 bits per heavy atom. The molecular weight excluding hydrogens is 308 g/mol. The van der Waals surface area contributed by atoms with E-state index in [1.54, 1.807) is 0 Å². The van der Waals surface area contributed by atoms with Crippen LogP contribution < -0.4 is 5.73 Å². The van der Waals surface area contributed by atoms with Crippen molar-refractivity contribution in [2.24, 2.45) is 11.1 Å². The third kappa shape index (κ3) is 3.80. The average molecular weight is 331 g/mol. The second kappa shape index (κ2) is 6.51. The molecule has 0 radical (unpaired) electrons. The number of rotatable bonds is 5. The Bertz CT molecular complexity index is 372. The number of hydrogen-bond acceptors (Lipinski definition) is 3. The van der Waals surface area contributed by atoms with Crippen molar-refractivity contribution >= 4 is 27.3 Å². The van der Waals surface area contributed by atoms with E-state index < -0.39 is 0 Å². The lowest BCUT2D eigenvalue weighted by Gasteiger charge is -2.39. The van der Waals surface area contributed by atoms with E-state index in [1.165, 1.54) is 41.5 Å². The van der Waals surface area contributed by atoms with Gasteiger partial charge in [0.25, 0.3) is 0 Å². The molecule has 1 heterocycles. The zero-order valence-corrected chi connectivity index (χ0v) is 13.5. The van der Waals surface area contributed by atoms with Gasteiger partial charge in [-0.05, 0) is 53.8 Å². The second-order valence-electron chi connectivity index (χ2n) is 5.67. The lowest BCUT2D eigenvalue weighted by molar-refractivity contribution is 0.125. The molecule has 0 bridgehead atoms. The predicted octanol–water partition coefficient (Wildman–Crippen LogP) is 3.85. The Kier molecular flexibility index (Phi) is 5.24. The first-order chi connectivity index (χ1) is 8.63. The molecule has 1 aromatic rings. The molecule has 18 heavy (non-hydrogen) atoms. The highest BCUT2D eigenvalue weighted by atomic mass is 79.9. The number of hydrogen-bond donors (Lipinski definition) is 1. The molecule has 0 aromatic carbocycles. The zero-order valence-electron chi connectivity index (χ0n) is 11.1. The molecule has 0 saturated heterocycles. The highest BCUT2D eigenvalue weighted by Crippen LogP contribution is 2.36. The molecule has 1 saturated carbocycles. The maximum Gasteiger partial charge on any atom is 0.0325 e. The van der Waals surface area contributed by atoms with Crippen molar-refractivity contribution < 1.29 is 0 Å². The predicted molar refractivity (Wildman–Crippen MR) is 82.9 cm³/mol. The summed E-state index contributed by atoms with van der Waals surface area (Å²) in [6.45, 7) is 3.02. The van der Waals surface area contributed by atoms with E-state index in [-0.39, 0.29) is 0 Å². The van der Waals surface area contributed by atoms with Crippen LogP contribution in [0.3, 0.4) is 0 Å². The minimum atomic E-state index is 0.376. The van der Waals surface area contributed by atoms with E-state index >= 15 is 0 Å². The van der Waals surface area contributed by atoms with Gasteiger partial charge >= 0.3 is 0 Å². The third-order valence-electron chi connectivity index (χ3n) is 4.00. The second-order valence-corrected chi connectivity index (χ2v) is 7.58. The highest BCUT2D eigenvalue weighted by Gasteiger charge is 2.31. The number of nitrogens with zero attached hydrogens (tertiary/aromatic N) is 1. The summed E-state index contributed by atoms with van der Waals surface area (Å²) in [7, 11) is 2.22. The van der Waals surface area contributed by atoms with Gasteiger partial charge in [-0.15, -0.1) is 11.3 Å². The van der Waals surface area contributed by atoms with Crippen molar-refractivity contribution in [2.75, 3.05) is 20.1 Å². The largest absolute Gasteiger partial charge is 0.330 e. The molecule has 0 atom stereocenters. The third-order valence-corrected chi connectivity index (χ3v) is 5.68. The first kappa shape index (κ1) is 14.5. The fourth-order valence-electron chi connectivity index (χ4n) is 3.06. The molecule has 2 nitrogen and oxygen atoms in total. The highest BCUT2D eigenvalue weighted by molar-refractivity contribution is 9.10. The van der Waals surface area contributed by atoms with E-state index in [9.17, 15) is 0 Å². The first-order valence-electron chi connectivity index (χ1n) is 6.75. The van der Waals surface area contributed by atoms with Crippen molar-refractivity contribution in [3.05, 3.63) is 20.8 Å². The number of thiophene rings is 1. The Balaban J connectivity index is 1.90. The summed E-state index contributed by atoms with van der Waals surface area (Å²) in [6.07, 6.45) is 6.72. The van der Waals surface area contributed by atoms with Gasteiger partial charge in [0.1, 0.15) is 0 Å². The van der Waals surface area contributed by atoms with Crippen molar-refractivity contribution in [2.45, 2.75) is 38.6 Å². The van der Waals surface area contributed by atoms with Crippen LogP contribution in [-0.2, 0) is 6.54 Å². The van der Waals surface area contributed by atoms with Gasteiger partial charge in [0, 0.05) is 27.8 Å². The lowest BCUT2D eigenvalue weighted by atomic mass is 9.74. The topological polar surface area (TPSA) is 29.3 Å². The molecular formula is C14H23BrN2S. The van der Waals surface area contributed by atoms with Gasteiger partial charge in [-0.3, -0.25) is 0 Å². The smallest absolute Gasteiger partial charge is 0.0325 e. The van der Waals surface area contributed by atoms with E-state index in [0.717, 1.165) is 19.6 Å². The van der Waals surface area contributed by atoms with Crippen LogP contribution in [0.5, 0.6) is 0 Å². The fraction of sp³-hybridized carbons (Fsp3) is 0.714. The van der Waals surface area contributed by atoms with E-state index in [2.05, 4.69) is 39.3 Å². The van der Waals surface area contributed by atoms with Gasteiger partial charge in [-0.2, -0.15) is 0 Å². The Morgan fingerprint density at radius 1 is 1.39 bits per heavy atom. The molecule has 0 aliphatic heterocycles. The van der Waals surface area contributed by atoms with E-state index in [4.69, 9.17) is 5.73 Å². The molecule has 1 fully saturated rings. The SMILES string of the molecule is CN(Cc1cc(Br)cs1)CC1(CN)CCCCC1. The van der Waals surface area contributed by atoms with Crippen LogP contribution in [0.4, 0.5) is 0 Å². The van der Waals surface area contributed by atoms with Gasteiger partial charge in [-0.1, -0.05) is 19.3 Å². The minimum Gasteiger partial charge on any atom is -0.330 e. The van der Waals surface area contributed by atoms with Crippen LogP contribution in [-0.4, -0.2) is 25.0 Å². The van der Waals surface area contributed by atoms with Crippen molar-refractivity contribution in [3.63, 3.8) is 0 Å². The van der Waals surface area contributed by atoms with E-state index in [1.807, 2.05) is 11.3 Å². The summed E-state index contributed by atoms with van der Waals surface area (Å²) in [4.78, 5) is 3.86.